The minimum absolute atomic E-state index is 0.0467. The zero-order valence-electron chi connectivity index (χ0n) is 23.5. The van der Waals surface area contributed by atoms with E-state index in [9.17, 15) is 14.7 Å². The topological polar surface area (TPSA) is 112 Å². The van der Waals surface area contributed by atoms with E-state index in [2.05, 4.69) is 15.5 Å². The van der Waals surface area contributed by atoms with Gasteiger partial charge in [-0.3, -0.25) is 9.59 Å². The summed E-state index contributed by atoms with van der Waals surface area (Å²) in [6, 6.07) is 17.7. The van der Waals surface area contributed by atoms with Gasteiger partial charge in [0.1, 0.15) is 10.8 Å². The molecule has 214 valence electrons. The van der Waals surface area contributed by atoms with Gasteiger partial charge in [-0.05, 0) is 56.9 Å². The van der Waals surface area contributed by atoms with Crippen molar-refractivity contribution < 1.29 is 19.2 Å². The summed E-state index contributed by atoms with van der Waals surface area (Å²) in [4.78, 5) is 35.3. The number of rotatable bonds is 10. The van der Waals surface area contributed by atoms with E-state index in [-0.39, 0.29) is 24.4 Å². The van der Waals surface area contributed by atoms with Crippen LogP contribution in [0.4, 0.5) is 5.82 Å². The van der Waals surface area contributed by atoms with E-state index in [0.29, 0.717) is 35.7 Å². The van der Waals surface area contributed by atoms with Crippen molar-refractivity contribution in [3.63, 3.8) is 0 Å². The Morgan fingerprint density at radius 1 is 1.15 bits per heavy atom. The molecule has 0 saturated carbocycles. The van der Waals surface area contributed by atoms with Crippen molar-refractivity contribution in [1.82, 2.24) is 20.4 Å². The molecule has 41 heavy (non-hydrogen) atoms. The third-order valence-corrected chi connectivity index (χ3v) is 8.42. The molecule has 1 aliphatic rings. The van der Waals surface area contributed by atoms with Crippen LogP contribution < -0.4 is 10.2 Å². The quantitative estimate of drug-likeness (QED) is 0.286. The maximum atomic E-state index is 13.6. The average molecular weight is 574 g/mol. The number of aryl methyl sites for hydroxylation is 2. The van der Waals surface area contributed by atoms with Crippen LogP contribution in [0.1, 0.15) is 61.6 Å². The third kappa shape index (κ3) is 6.83. The van der Waals surface area contributed by atoms with Gasteiger partial charge >= 0.3 is 0 Å². The van der Waals surface area contributed by atoms with E-state index in [1.54, 1.807) is 46.6 Å². The molecule has 1 saturated heterocycles. The number of thiazole rings is 1. The van der Waals surface area contributed by atoms with Gasteiger partial charge < -0.3 is 24.7 Å². The second-order valence-corrected chi connectivity index (χ2v) is 11.5. The average Bonchev–Trinajstić information content (AvgIpc) is 3.74. The molecule has 2 amide bonds. The number of nitrogens with one attached hydrogen (secondary N) is 1. The van der Waals surface area contributed by atoms with Crippen LogP contribution in [-0.2, 0) is 6.42 Å². The van der Waals surface area contributed by atoms with Gasteiger partial charge in [-0.25, -0.2) is 4.98 Å². The van der Waals surface area contributed by atoms with Gasteiger partial charge in [0.2, 0.25) is 0 Å². The molecule has 1 aliphatic heterocycles. The SMILES string of the molecule is Cc1csc([C@H]2CCCN2C(=O)c2cccc(C(=O)N[C@@H](Cc3ccccc3)[C@H](O)CN(C)c3cc(C)on3)c2)n1. The Labute approximate surface area is 243 Å². The van der Waals surface area contributed by atoms with Gasteiger partial charge in [0, 0.05) is 48.4 Å². The number of carbonyl (C=O) groups excluding carboxylic acids is 2. The lowest BCUT2D eigenvalue weighted by Crippen LogP contribution is -2.49. The predicted octanol–water partition coefficient (Wildman–Crippen LogP) is 4.56. The number of aromatic nitrogens is 2. The lowest BCUT2D eigenvalue weighted by molar-refractivity contribution is 0.0735. The standard InChI is InChI=1S/C31H35N5O4S/c1-20-19-41-30(32-20)26-13-8-14-36(26)31(39)24-12-7-11-23(17-24)29(38)33-25(16-22-9-5-4-6-10-22)27(37)18-35(3)28-15-21(2)40-34-28/h4-7,9-12,15,17,19,25-27,37H,8,13-14,16,18H2,1-3H3,(H,33,38)/t25-,26+,27+/m0/s1. The first-order valence-corrected chi connectivity index (χ1v) is 14.7. The Morgan fingerprint density at radius 3 is 2.63 bits per heavy atom. The van der Waals surface area contributed by atoms with Crippen LogP contribution in [0.3, 0.4) is 0 Å². The van der Waals surface area contributed by atoms with Gasteiger partial charge in [0.05, 0.1) is 18.2 Å². The number of nitrogens with zero attached hydrogens (tertiary/aromatic N) is 4. The van der Waals surface area contributed by atoms with Gasteiger partial charge in [-0.15, -0.1) is 11.3 Å². The Balaban J connectivity index is 1.32. The first-order valence-electron chi connectivity index (χ1n) is 13.8. The summed E-state index contributed by atoms with van der Waals surface area (Å²) in [5, 5.41) is 21.2. The van der Waals surface area contributed by atoms with Gasteiger partial charge in [0.25, 0.3) is 11.8 Å². The highest BCUT2D eigenvalue weighted by Crippen LogP contribution is 2.34. The number of carbonyl (C=O) groups is 2. The summed E-state index contributed by atoms with van der Waals surface area (Å²) in [5.74, 6) is 0.811. The van der Waals surface area contributed by atoms with Crippen LogP contribution in [0.5, 0.6) is 0 Å². The minimum atomic E-state index is -0.905. The summed E-state index contributed by atoms with van der Waals surface area (Å²) in [5.41, 5.74) is 2.76. The zero-order valence-corrected chi connectivity index (χ0v) is 24.3. The number of hydrogen-bond donors (Lipinski definition) is 2. The highest BCUT2D eigenvalue weighted by Gasteiger charge is 2.33. The fraction of sp³-hybridized carbons (Fsp3) is 0.355. The molecule has 10 heteroatoms. The van der Waals surface area contributed by atoms with Crippen molar-refractivity contribution in [2.75, 3.05) is 25.0 Å². The molecule has 9 nitrogen and oxygen atoms in total. The van der Waals surface area contributed by atoms with E-state index in [4.69, 9.17) is 4.52 Å². The number of anilines is 1. The minimum Gasteiger partial charge on any atom is -0.389 e. The number of benzene rings is 2. The van der Waals surface area contributed by atoms with Crippen LogP contribution in [0.25, 0.3) is 0 Å². The zero-order chi connectivity index (χ0) is 28.9. The normalized spacial score (nSPS) is 16.4. The molecule has 2 N–H and O–H groups in total. The number of hydrogen-bond acceptors (Lipinski definition) is 8. The molecule has 0 aliphatic carbocycles. The predicted molar refractivity (Wildman–Crippen MR) is 158 cm³/mol. The highest BCUT2D eigenvalue weighted by molar-refractivity contribution is 7.09. The Morgan fingerprint density at radius 2 is 1.93 bits per heavy atom. The first kappa shape index (κ1) is 28.5. The molecule has 2 aromatic heterocycles. The van der Waals surface area contributed by atoms with Gasteiger partial charge in [-0.2, -0.15) is 0 Å². The Hall–Kier alpha value is -4.02. The number of amides is 2. The summed E-state index contributed by atoms with van der Waals surface area (Å²) in [6.07, 6.45) is 1.32. The van der Waals surface area contributed by atoms with Crippen molar-refractivity contribution in [2.45, 2.75) is 51.3 Å². The maximum absolute atomic E-state index is 13.6. The number of aliphatic hydroxyl groups is 1. The fourth-order valence-corrected chi connectivity index (χ4v) is 6.13. The van der Waals surface area contributed by atoms with Gasteiger partial charge in [-0.1, -0.05) is 41.6 Å². The van der Waals surface area contributed by atoms with Crippen LogP contribution in [0.15, 0.2) is 70.6 Å². The van der Waals surface area contributed by atoms with Crippen molar-refractivity contribution in [2.24, 2.45) is 0 Å². The molecule has 0 bridgehead atoms. The van der Waals surface area contributed by atoms with E-state index in [1.165, 1.54) is 0 Å². The summed E-state index contributed by atoms with van der Waals surface area (Å²) >= 11 is 1.58. The van der Waals surface area contributed by atoms with Crippen LogP contribution >= 0.6 is 11.3 Å². The summed E-state index contributed by atoms with van der Waals surface area (Å²) in [7, 11) is 1.82. The van der Waals surface area contributed by atoms with Crippen LogP contribution in [0.2, 0.25) is 0 Å². The molecule has 3 atom stereocenters. The van der Waals surface area contributed by atoms with Crippen molar-refractivity contribution >= 4 is 29.0 Å². The van der Waals surface area contributed by atoms with Crippen LogP contribution in [0, 0.1) is 13.8 Å². The molecular weight excluding hydrogens is 538 g/mol. The monoisotopic (exact) mass is 573 g/mol. The molecule has 1 fully saturated rings. The van der Waals surface area contributed by atoms with E-state index >= 15 is 0 Å². The third-order valence-electron chi connectivity index (χ3n) is 7.35. The van der Waals surface area contributed by atoms with Crippen LogP contribution in [-0.4, -0.2) is 64.2 Å². The lowest BCUT2D eigenvalue weighted by Gasteiger charge is -2.28. The number of likely N-dealkylation sites (tertiary alicyclic amines) is 1. The Kier molecular flexibility index (Phi) is 8.80. The van der Waals surface area contributed by atoms with Gasteiger partial charge in [0.15, 0.2) is 5.82 Å². The molecule has 4 aromatic rings. The molecule has 3 heterocycles. The lowest BCUT2D eigenvalue weighted by atomic mass is 10.00. The smallest absolute Gasteiger partial charge is 0.254 e. The van der Waals surface area contributed by atoms with E-state index in [0.717, 1.165) is 29.1 Å². The molecule has 5 rings (SSSR count). The van der Waals surface area contributed by atoms with Crippen molar-refractivity contribution in [3.05, 3.63) is 99.2 Å². The van der Waals surface area contributed by atoms with E-state index < -0.39 is 12.1 Å². The molecule has 0 unspecified atom stereocenters. The number of aliphatic hydroxyl groups excluding tert-OH is 1. The highest BCUT2D eigenvalue weighted by atomic mass is 32.1. The second kappa shape index (κ2) is 12.7. The molecule has 0 spiro atoms. The number of likely N-dealkylation sites (N-methyl/N-ethyl adjacent to an activating group) is 1. The first-order chi connectivity index (χ1) is 19.8. The fourth-order valence-electron chi connectivity index (χ4n) is 5.19. The maximum Gasteiger partial charge on any atom is 0.254 e. The molecule has 0 radical (unpaired) electrons. The second-order valence-electron chi connectivity index (χ2n) is 10.6. The van der Waals surface area contributed by atoms with Crippen molar-refractivity contribution in [3.8, 4) is 0 Å². The molecular formula is C31H35N5O4S. The largest absolute Gasteiger partial charge is 0.389 e. The molecule has 2 aromatic carbocycles. The Bertz CT molecular complexity index is 1490. The summed E-state index contributed by atoms with van der Waals surface area (Å²) in [6.45, 7) is 4.65. The van der Waals surface area contributed by atoms with Crippen molar-refractivity contribution in [1.29, 1.82) is 0 Å². The van der Waals surface area contributed by atoms with E-state index in [1.807, 2.05) is 61.5 Å². The summed E-state index contributed by atoms with van der Waals surface area (Å²) < 4.78 is 5.17.